The molecule has 2 aromatic heterocycles. The predicted octanol–water partition coefficient (Wildman–Crippen LogP) is 3.38. The molecule has 6 nitrogen and oxygen atoms in total. The third-order valence-electron chi connectivity index (χ3n) is 5.82. The highest BCUT2D eigenvalue weighted by Gasteiger charge is 2.25. The van der Waals surface area contributed by atoms with Crippen LogP contribution in [-0.4, -0.2) is 30.8 Å². The molecule has 27 heavy (non-hydrogen) atoms. The van der Waals surface area contributed by atoms with E-state index in [0.717, 1.165) is 48.0 Å². The van der Waals surface area contributed by atoms with Crippen molar-refractivity contribution in [2.24, 2.45) is 0 Å². The van der Waals surface area contributed by atoms with Crippen LogP contribution in [0.4, 0.5) is 0 Å². The molecule has 0 N–H and O–H groups in total. The third-order valence-corrected chi connectivity index (χ3v) is 6.19. The van der Waals surface area contributed by atoms with E-state index in [1.807, 2.05) is 27.4 Å². The summed E-state index contributed by atoms with van der Waals surface area (Å²) >= 11 is 6.32. The van der Waals surface area contributed by atoms with Gasteiger partial charge in [0, 0.05) is 24.7 Å². The van der Waals surface area contributed by atoms with Crippen LogP contribution in [0.25, 0.3) is 11.0 Å². The van der Waals surface area contributed by atoms with Crippen molar-refractivity contribution in [3.63, 3.8) is 0 Å². The van der Waals surface area contributed by atoms with Crippen molar-refractivity contribution in [1.82, 2.24) is 24.2 Å². The molecule has 5 rings (SSSR count). The number of rotatable bonds is 3. The van der Waals surface area contributed by atoms with Gasteiger partial charge in [0.2, 0.25) is 0 Å². The normalized spacial score (nSPS) is 18.3. The van der Waals surface area contributed by atoms with Gasteiger partial charge in [-0.25, -0.2) is 9.67 Å². The van der Waals surface area contributed by atoms with Crippen LogP contribution in [0.2, 0.25) is 5.02 Å². The molecule has 2 aliphatic rings. The molecule has 140 valence electrons. The van der Waals surface area contributed by atoms with Crippen LogP contribution >= 0.6 is 11.6 Å². The van der Waals surface area contributed by atoms with E-state index in [2.05, 4.69) is 16.1 Å². The van der Waals surface area contributed by atoms with E-state index in [1.165, 1.54) is 12.8 Å². The van der Waals surface area contributed by atoms with Crippen molar-refractivity contribution in [3.05, 3.63) is 57.2 Å². The maximum atomic E-state index is 13.0. The lowest BCUT2D eigenvalue weighted by molar-refractivity contribution is 0.204. The van der Waals surface area contributed by atoms with Crippen LogP contribution < -0.4 is 5.56 Å². The molecule has 0 radical (unpaired) electrons. The first kappa shape index (κ1) is 17.0. The lowest BCUT2D eigenvalue weighted by Crippen LogP contribution is -2.39. The highest BCUT2D eigenvalue weighted by molar-refractivity contribution is 6.31. The van der Waals surface area contributed by atoms with Gasteiger partial charge in [-0.3, -0.25) is 14.3 Å². The van der Waals surface area contributed by atoms with E-state index in [0.29, 0.717) is 24.5 Å². The number of fused-ring (bicyclic) bond motifs is 2. The van der Waals surface area contributed by atoms with E-state index in [-0.39, 0.29) is 5.56 Å². The van der Waals surface area contributed by atoms with Gasteiger partial charge >= 0.3 is 0 Å². The van der Waals surface area contributed by atoms with Gasteiger partial charge in [-0.15, -0.1) is 0 Å². The summed E-state index contributed by atoms with van der Waals surface area (Å²) in [6.45, 7) is 2.86. The maximum Gasteiger partial charge on any atom is 0.264 e. The quantitative estimate of drug-likeness (QED) is 0.695. The van der Waals surface area contributed by atoms with Gasteiger partial charge in [0.15, 0.2) is 5.65 Å². The number of aromatic nitrogens is 4. The first-order valence-electron chi connectivity index (χ1n) is 9.63. The second-order valence-electron chi connectivity index (χ2n) is 7.55. The molecule has 1 aliphatic heterocycles. The molecule has 3 aromatic rings. The highest BCUT2D eigenvalue weighted by atomic mass is 35.5. The van der Waals surface area contributed by atoms with Crippen LogP contribution in [0.5, 0.6) is 0 Å². The average Bonchev–Trinajstić information content (AvgIpc) is 3.33. The Hall–Kier alpha value is -2.18. The summed E-state index contributed by atoms with van der Waals surface area (Å²) in [5.41, 5.74) is 1.89. The lowest BCUT2D eigenvalue weighted by Gasteiger charge is -2.29. The van der Waals surface area contributed by atoms with E-state index in [4.69, 9.17) is 16.6 Å². The van der Waals surface area contributed by atoms with Crippen LogP contribution in [0.3, 0.4) is 0 Å². The number of hydrogen-bond acceptors (Lipinski definition) is 4. The summed E-state index contributed by atoms with van der Waals surface area (Å²) in [6.07, 6.45) is 6.39. The Labute approximate surface area is 162 Å². The zero-order chi connectivity index (χ0) is 18.4. The van der Waals surface area contributed by atoms with Gasteiger partial charge in [0.1, 0.15) is 11.2 Å². The maximum absolute atomic E-state index is 13.0. The summed E-state index contributed by atoms with van der Waals surface area (Å²) in [7, 11) is 0. The van der Waals surface area contributed by atoms with E-state index < -0.39 is 0 Å². The fourth-order valence-corrected chi connectivity index (χ4v) is 4.55. The third kappa shape index (κ3) is 2.97. The Bertz CT molecular complexity index is 1050. The average molecular weight is 384 g/mol. The Balaban J connectivity index is 1.49. The number of halogens is 1. The molecule has 7 heteroatoms. The summed E-state index contributed by atoms with van der Waals surface area (Å²) in [4.78, 5) is 20.1. The Morgan fingerprint density at radius 3 is 2.78 bits per heavy atom. The molecule has 0 spiro atoms. The minimum absolute atomic E-state index is 0.0386. The lowest BCUT2D eigenvalue weighted by atomic mass is 10.2. The van der Waals surface area contributed by atoms with Crippen LogP contribution in [0, 0.1) is 0 Å². The second kappa shape index (κ2) is 6.77. The molecule has 0 saturated heterocycles. The van der Waals surface area contributed by atoms with Crippen LogP contribution in [0.15, 0.2) is 35.3 Å². The van der Waals surface area contributed by atoms with Crippen LogP contribution in [-0.2, 0) is 19.6 Å². The first-order chi connectivity index (χ1) is 13.2. The van der Waals surface area contributed by atoms with Crippen molar-refractivity contribution in [2.45, 2.75) is 51.4 Å². The van der Waals surface area contributed by atoms with Crippen LogP contribution in [0.1, 0.15) is 43.1 Å². The standard InChI is InChI=1S/C20H22ClN5O/c21-17-8-4-1-5-14(17)12-24-9-10-25-18(13-24)23-19-16(20(25)27)11-22-26(19)15-6-2-3-7-15/h1,4-5,8,11,15H,2-3,6-7,9-10,12-13H2. The van der Waals surface area contributed by atoms with Gasteiger partial charge in [-0.2, -0.15) is 5.10 Å². The molecule has 1 fully saturated rings. The Morgan fingerprint density at radius 2 is 1.96 bits per heavy atom. The van der Waals surface area contributed by atoms with Crippen molar-refractivity contribution >= 4 is 22.6 Å². The summed E-state index contributed by atoms with van der Waals surface area (Å²) in [5, 5.41) is 5.94. The van der Waals surface area contributed by atoms with Crippen molar-refractivity contribution in [3.8, 4) is 0 Å². The van der Waals surface area contributed by atoms with E-state index in [1.54, 1.807) is 6.20 Å². The molecule has 1 aliphatic carbocycles. The fraction of sp³-hybridized carbons (Fsp3) is 0.450. The van der Waals surface area contributed by atoms with E-state index >= 15 is 0 Å². The minimum Gasteiger partial charge on any atom is -0.294 e. The second-order valence-corrected chi connectivity index (χ2v) is 7.96. The molecule has 3 heterocycles. The van der Waals surface area contributed by atoms with Crippen molar-refractivity contribution in [2.75, 3.05) is 6.54 Å². The Morgan fingerprint density at radius 1 is 1.15 bits per heavy atom. The number of hydrogen-bond donors (Lipinski definition) is 0. The van der Waals surface area contributed by atoms with Crippen molar-refractivity contribution < 1.29 is 0 Å². The van der Waals surface area contributed by atoms with Gasteiger partial charge in [0.25, 0.3) is 5.56 Å². The SMILES string of the molecule is O=c1c2cnn(C3CCCC3)c2nc2n1CCN(Cc1ccccc1Cl)C2. The molecule has 0 atom stereocenters. The van der Waals surface area contributed by atoms with E-state index in [9.17, 15) is 4.79 Å². The van der Waals surface area contributed by atoms with Crippen molar-refractivity contribution in [1.29, 1.82) is 0 Å². The van der Waals surface area contributed by atoms with Gasteiger partial charge in [-0.05, 0) is 24.5 Å². The molecule has 0 unspecified atom stereocenters. The summed E-state index contributed by atoms with van der Waals surface area (Å²) in [6, 6.07) is 8.29. The molecule has 1 aromatic carbocycles. The molecule has 0 bridgehead atoms. The van der Waals surface area contributed by atoms with Gasteiger partial charge < -0.3 is 0 Å². The zero-order valence-corrected chi connectivity index (χ0v) is 15.9. The number of benzene rings is 1. The predicted molar refractivity (Wildman–Crippen MR) is 105 cm³/mol. The molecule has 0 amide bonds. The first-order valence-corrected chi connectivity index (χ1v) is 10.0. The highest BCUT2D eigenvalue weighted by Crippen LogP contribution is 2.30. The molecule has 1 saturated carbocycles. The smallest absolute Gasteiger partial charge is 0.264 e. The summed E-state index contributed by atoms with van der Waals surface area (Å²) in [5.74, 6) is 0.825. The van der Waals surface area contributed by atoms with Gasteiger partial charge in [-0.1, -0.05) is 42.6 Å². The minimum atomic E-state index is 0.0386. The zero-order valence-electron chi connectivity index (χ0n) is 15.1. The monoisotopic (exact) mass is 383 g/mol. The topological polar surface area (TPSA) is 56.0 Å². The Kier molecular flexibility index (Phi) is 4.25. The fourth-order valence-electron chi connectivity index (χ4n) is 4.35. The number of nitrogens with zero attached hydrogens (tertiary/aromatic N) is 5. The summed E-state index contributed by atoms with van der Waals surface area (Å²) < 4.78 is 3.80. The van der Waals surface area contributed by atoms with Gasteiger partial charge in [0.05, 0.1) is 18.8 Å². The molecular formula is C20H22ClN5O. The largest absolute Gasteiger partial charge is 0.294 e. The molecular weight excluding hydrogens is 362 g/mol.